The van der Waals surface area contributed by atoms with Crippen molar-refractivity contribution in [1.29, 1.82) is 0 Å². The summed E-state index contributed by atoms with van der Waals surface area (Å²) < 4.78 is 80.7. The van der Waals surface area contributed by atoms with Crippen LogP contribution in [0.25, 0.3) is 11.0 Å². The summed E-state index contributed by atoms with van der Waals surface area (Å²) in [5.41, 5.74) is 0.595. The van der Waals surface area contributed by atoms with Gasteiger partial charge in [-0.1, -0.05) is 19.1 Å². The molecule has 1 fully saturated rings. The Bertz CT molecular complexity index is 966. The van der Waals surface area contributed by atoms with Crippen LogP contribution in [0.3, 0.4) is 0 Å². The summed E-state index contributed by atoms with van der Waals surface area (Å²) in [6.45, 7) is 2.32. The number of hydrogen-bond donors (Lipinski definition) is 2. The lowest BCUT2D eigenvalue weighted by Gasteiger charge is -2.31. The third-order valence-electron chi connectivity index (χ3n) is 4.57. The van der Waals surface area contributed by atoms with Gasteiger partial charge >= 0.3 is 6.18 Å². The highest BCUT2D eigenvalue weighted by molar-refractivity contribution is 7.90. The maximum Gasteiger partial charge on any atom is 0.425 e. The number of anilines is 1. The highest BCUT2D eigenvalue weighted by Gasteiger charge is 2.48. The number of benzene rings is 1. The number of para-hydroxylation sites is 2. The molecule has 0 unspecified atom stereocenters. The fraction of sp³-hybridized carbons (Fsp3) is 0.556. The average Bonchev–Trinajstić information content (AvgIpc) is 2.70. The van der Waals surface area contributed by atoms with Crippen molar-refractivity contribution in [3.05, 3.63) is 24.3 Å². The smallest absolute Gasteiger partial charge is 0.425 e. The monoisotopic (exact) mass is 448 g/mol. The quantitative estimate of drug-likeness (QED) is 0.644. The van der Waals surface area contributed by atoms with E-state index < -0.39 is 40.1 Å². The van der Waals surface area contributed by atoms with Gasteiger partial charge in [0.15, 0.2) is 6.10 Å². The standard InChI is InChI=1S/C18H23F3N4O4S/c1-2-9-22-30(26,27)25-16-17(24-14-6-4-3-5-13(14)23-16)29-15(18(19,20)21)12-7-10-28-11-8-12/h3-6,12,15,22H,2,7-11H2,1H3,(H,23,25)/t15-/m1/s1. The van der Waals surface area contributed by atoms with Crippen molar-refractivity contribution in [2.75, 3.05) is 24.5 Å². The molecule has 0 amide bonds. The Balaban J connectivity index is 1.99. The van der Waals surface area contributed by atoms with Gasteiger partial charge in [-0.25, -0.2) is 9.97 Å². The SMILES string of the molecule is CCCNS(=O)(=O)Nc1nc2ccccc2nc1O[C@H](C1CCOCC1)C(F)(F)F. The molecule has 1 aliphatic heterocycles. The van der Waals surface area contributed by atoms with Crippen molar-refractivity contribution in [2.45, 2.75) is 38.5 Å². The first-order chi connectivity index (χ1) is 14.2. The van der Waals surface area contributed by atoms with E-state index in [0.29, 0.717) is 11.9 Å². The third kappa shape index (κ3) is 5.70. The Morgan fingerprint density at radius 3 is 2.43 bits per heavy atom. The minimum atomic E-state index is -4.67. The fourth-order valence-electron chi connectivity index (χ4n) is 3.10. The first-order valence-corrected chi connectivity index (χ1v) is 11.0. The Morgan fingerprint density at radius 2 is 1.83 bits per heavy atom. The minimum Gasteiger partial charge on any atom is -0.462 e. The van der Waals surface area contributed by atoms with E-state index in [4.69, 9.17) is 9.47 Å². The number of aromatic nitrogens is 2. The predicted octanol–water partition coefficient (Wildman–Crippen LogP) is 3.02. The molecule has 0 aliphatic carbocycles. The van der Waals surface area contributed by atoms with E-state index in [2.05, 4.69) is 19.4 Å². The van der Waals surface area contributed by atoms with Crippen molar-refractivity contribution >= 4 is 27.1 Å². The number of nitrogens with zero attached hydrogens (tertiary/aromatic N) is 2. The van der Waals surface area contributed by atoms with E-state index in [1.807, 2.05) is 0 Å². The van der Waals surface area contributed by atoms with Crippen molar-refractivity contribution in [1.82, 2.24) is 14.7 Å². The van der Waals surface area contributed by atoms with Crippen LogP contribution in [0, 0.1) is 5.92 Å². The van der Waals surface area contributed by atoms with Gasteiger partial charge in [-0.05, 0) is 31.4 Å². The molecule has 1 aromatic heterocycles. The van der Waals surface area contributed by atoms with Crippen LogP contribution in [-0.4, -0.2) is 50.4 Å². The van der Waals surface area contributed by atoms with Gasteiger partial charge in [0.1, 0.15) is 0 Å². The molecule has 1 aromatic carbocycles. The van der Waals surface area contributed by atoms with Crippen LogP contribution in [0.15, 0.2) is 24.3 Å². The number of ether oxygens (including phenoxy) is 2. The Hall–Kier alpha value is -2.18. The normalized spacial score (nSPS) is 17.1. The second-order valence-electron chi connectivity index (χ2n) is 6.90. The van der Waals surface area contributed by atoms with E-state index in [-0.39, 0.29) is 38.1 Å². The summed E-state index contributed by atoms with van der Waals surface area (Å²) in [5, 5.41) is 0. The van der Waals surface area contributed by atoms with E-state index in [1.54, 1.807) is 31.2 Å². The first kappa shape index (κ1) is 22.5. The zero-order chi connectivity index (χ0) is 21.8. The highest BCUT2D eigenvalue weighted by atomic mass is 32.2. The summed E-state index contributed by atoms with van der Waals surface area (Å²) >= 11 is 0. The van der Waals surface area contributed by atoms with Gasteiger partial charge in [-0.15, -0.1) is 0 Å². The van der Waals surface area contributed by atoms with Crippen LogP contribution in [-0.2, 0) is 14.9 Å². The van der Waals surface area contributed by atoms with E-state index in [9.17, 15) is 21.6 Å². The molecule has 166 valence electrons. The Kier molecular flexibility index (Phi) is 6.98. The van der Waals surface area contributed by atoms with Gasteiger partial charge in [0.25, 0.3) is 16.1 Å². The molecule has 30 heavy (non-hydrogen) atoms. The molecular weight excluding hydrogens is 425 g/mol. The predicted molar refractivity (Wildman–Crippen MR) is 104 cm³/mol. The lowest BCUT2D eigenvalue weighted by atomic mass is 9.93. The van der Waals surface area contributed by atoms with Crippen LogP contribution < -0.4 is 14.2 Å². The largest absolute Gasteiger partial charge is 0.462 e. The molecule has 12 heteroatoms. The lowest BCUT2D eigenvalue weighted by Crippen LogP contribution is -2.43. The van der Waals surface area contributed by atoms with E-state index in [1.165, 1.54) is 0 Å². The molecule has 2 aromatic rings. The van der Waals surface area contributed by atoms with Crippen LogP contribution >= 0.6 is 0 Å². The average molecular weight is 448 g/mol. The van der Waals surface area contributed by atoms with Gasteiger partial charge in [-0.2, -0.15) is 26.3 Å². The van der Waals surface area contributed by atoms with Crippen LogP contribution in [0.2, 0.25) is 0 Å². The maximum atomic E-state index is 13.8. The molecule has 8 nitrogen and oxygen atoms in total. The molecule has 3 rings (SSSR count). The molecule has 0 bridgehead atoms. The zero-order valence-electron chi connectivity index (χ0n) is 16.3. The Labute approximate surface area is 172 Å². The van der Waals surface area contributed by atoms with E-state index >= 15 is 0 Å². The number of rotatable bonds is 8. The van der Waals surface area contributed by atoms with Crippen molar-refractivity contribution < 1.29 is 31.1 Å². The van der Waals surface area contributed by atoms with Crippen LogP contribution in [0.4, 0.5) is 19.0 Å². The third-order valence-corrected chi connectivity index (χ3v) is 5.61. The highest BCUT2D eigenvalue weighted by Crippen LogP contribution is 2.36. The van der Waals surface area contributed by atoms with Gasteiger partial charge in [-0.3, -0.25) is 4.72 Å². The Morgan fingerprint density at radius 1 is 1.20 bits per heavy atom. The number of fused-ring (bicyclic) bond motifs is 1. The summed E-state index contributed by atoms with van der Waals surface area (Å²) in [6.07, 6.45) is -5.96. The molecule has 0 radical (unpaired) electrons. The number of nitrogens with one attached hydrogen (secondary N) is 2. The molecule has 1 aliphatic rings. The van der Waals surface area contributed by atoms with E-state index in [0.717, 1.165) is 0 Å². The lowest BCUT2D eigenvalue weighted by molar-refractivity contribution is -0.216. The van der Waals surface area contributed by atoms with Crippen LogP contribution in [0.1, 0.15) is 26.2 Å². The second-order valence-corrected chi connectivity index (χ2v) is 8.40. The fourth-order valence-corrected chi connectivity index (χ4v) is 4.03. The number of hydrogen-bond acceptors (Lipinski definition) is 6. The molecule has 1 atom stereocenters. The molecular formula is C18H23F3N4O4S. The molecule has 2 N–H and O–H groups in total. The zero-order valence-corrected chi connectivity index (χ0v) is 17.1. The summed E-state index contributed by atoms with van der Waals surface area (Å²) in [5.74, 6) is -1.77. The van der Waals surface area contributed by atoms with Gasteiger partial charge in [0.2, 0.25) is 5.82 Å². The molecule has 0 saturated carbocycles. The van der Waals surface area contributed by atoms with Gasteiger partial charge in [0, 0.05) is 25.7 Å². The number of alkyl halides is 3. The summed E-state index contributed by atoms with van der Waals surface area (Å²) in [7, 11) is -4.07. The van der Waals surface area contributed by atoms with Gasteiger partial charge in [0.05, 0.1) is 11.0 Å². The summed E-state index contributed by atoms with van der Waals surface area (Å²) in [4.78, 5) is 8.26. The number of halogens is 3. The summed E-state index contributed by atoms with van der Waals surface area (Å²) in [6, 6.07) is 6.43. The first-order valence-electron chi connectivity index (χ1n) is 9.55. The van der Waals surface area contributed by atoms with Gasteiger partial charge < -0.3 is 9.47 Å². The van der Waals surface area contributed by atoms with Crippen molar-refractivity contribution in [3.63, 3.8) is 0 Å². The maximum absolute atomic E-state index is 13.8. The van der Waals surface area contributed by atoms with Crippen LogP contribution in [0.5, 0.6) is 5.88 Å². The molecule has 0 spiro atoms. The topological polar surface area (TPSA) is 102 Å². The molecule has 1 saturated heterocycles. The minimum absolute atomic E-state index is 0.153. The second kappa shape index (κ2) is 9.31. The molecule has 2 heterocycles. The van der Waals surface area contributed by atoms with Crippen molar-refractivity contribution in [2.24, 2.45) is 5.92 Å². The van der Waals surface area contributed by atoms with Crippen molar-refractivity contribution in [3.8, 4) is 5.88 Å².